The molecule has 0 saturated heterocycles. The van der Waals surface area contributed by atoms with Gasteiger partial charge in [0.15, 0.2) is 0 Å². The zero-order chi connectivity index (χ0) is 13.0. The molecule has 3 nitrogen and oxygen atoms in total. The Morgan fingerprint density at radius 3 is 2.65 bits per heavy atom. The minimum absolute atomic E-state index is 0.168. The Hall–Kier alpha value is -0.900. The first-order valence-corrected chi connectivity index (χ1v) is 6.37. The Balaban J connectivity index is 2.99. The van der Waals surface area contributed by atoms with Crippen molar-refractivity contribution in [1.29, 1.82) is 0 Å². The van der Waals surface area contributed by atoms with Gasteiger partial charge < -0.3 is 10.6 Å². The third kappa shape index (κ3) is 3.06. The van der Waals surface area contributed by atoms with E-state index in [1.54, 1.807) is 0 Å². The summed E-state index contributed by atoms with van der Waals surface area (Å²) in [6, 6.07) is -0.168. The van der Waals surface area contributed by atoms with Crippen molar-refractivity contribution in [2.24, 2.45) is 16.6 Å². The maximum absolute atomic E-state index is 14.0. The van der Waals surface area contributed by atoms with Gasteiger partial charge >= 0.3 is 0 Å². The Kier molecular flexibility index (Phi) is 5.12. The van der Waals surface area contributed by atoms with Crippen molar-refractivity contribution in [1.82, 2.24) is 4.90 Å². The molecule has 0 aliphatic heterocycles. The van der Waals surface area contributed by atoms with E-state index >= 15 is 0 Å². The molecule has 1 fully saturated rings. The van der Waals surface area contributed by atoms with Crippen LogP contribution in [0.2, 0.25) is 0 Å². The van der Waals surface area contributed by atoms with Gasteiger partial charge in [-0.1, -0.05) is 13.8 Å². The maximum atomic E-state index is 14.0. The van der Waals surface area contributed by atoms with Crippen molar-refractivity contribution in [3.63, 3.8) is 0 Å². The fourth-order valence-corrected chi connectivity index (χ4v) is 2.64. The molecule has 98 valence electrons. The van der Waals surface area contributed by atoms with Crippen molar-refractivity contribution < 1.29 is 4.39 Å². The number of nitrogens with zero attached hydrogens (tertiary/aromatic N) is 2. The van der Waals surface area contributed by atoms with Crippen LogP contribution in [-0.4, -0.2) is 30.0 Å². The first-order valence-electron chi connectivity index (χ1n) is 6.37. The highest BCUT2D eigenvalue weighted by molar-refractivity contribution is 5.29. The van der Waals surface area contributed by atoms with Crippen molar-refractivity contribution >= 4 is 6.72 Å². The fourth-order valence-electron chi connectivity index (χ4n) is 2.64. The summed E-state index contributed by atoms with van der Waals surface area (Å²) < 4.78 is 14.0. The van der Waals surface area contributed by atoms with Gasteiger partial charge in [0.2, 0.25) is 0 Å². The van der Waals surface area contributed by atoms with Crippen LogP contribution < -0.4 is 5.73 Å². The van der Waals surface area contributed by atoms with Crippen molar-refractivity contribution in [3.05, 3.63) is 11.9 Å². The lowest BCUT2D eigenvalue weighted by Gasteiger charge is -2.37. The molecule has 4 heteroatoms. The van der Waals surface area contributed by atoms with E-state index in [0.29, 0.717) is 18.2 Å². The van der Waals surface area contributed by atoms with Crippen LogP contribution in [0.1, 0.15) is 40.0 Å². The third-order valence-electron chi connectivity index (χ3n) is 3.42. The van der Waals surface area contributed by atoms with Gasteiger partial charge in [-0.15, -0.1) is 0 Å². The van der Waals surface area contributed by atoms with Crippen molar-refractivity contribution in [2.45, 2.75) is 58.4 Å². The van der Waals surface area contributed by atoms with E-state index in [2.05, 4.69) is 18.6 Å². The molecule has 1 saturated carbocycles. The Labute approximate surface area is 104 Å². The molecule has 4 atom stereocenters. The number of halogens is 1. The maximum Gasteiger partial charge on any atom is 0.125 e. The SMILES string of the molecule is C=N/C(=C\CC)N(C(C)N)C1C(C)CCC1F. The zero-order valence-electron chi connectivity index (χ0n) is 11.1. The fraction of sp³-hybridized carbons (Fsp3) is 0.769. The molecule has 0 aromatic heterocycles. The number of rotatable bonds is 5. The number of alkyl halides is 1. The molecule has 0 aromatic rings. The molecular formula is C13H24FN3. The molecule has 0 amide bonds. The van der Waals surface area contributed by atoms with Gasteiger partial charge in [-0.2, -0.15) is 0 Å². The van der Waals surface area contributed by atoms with E-state index in [4.69, 9.17) is 5.73 Å². The van der Waals surface area contributed by atoms with Crippen molar-refractivity contribution in [3.8, 4) is 0 Å². The molecule has 2 N–H and O–H groups in total. The highest BCUT2D eigenvalue weighted by atomic mass is 19.1. The predicted octanol–water partition coefficient (Wildman–Crippen LogP) is 2.68. The van der Waals surface area contributed by atoms with Gasteiger partial charge in [0.05, 0.1) is 12.2 Å². The van der Waals surface area contributed by atoms with Crippen LogP contribution in [0.3, 0.4) is 0 Å². The van der Waals surface area contributed by atoms with Crippen LogP contribution in [0.4, 0.5) is 4.39 Å². The molecular weight excluding hydrogens is 217 g/mol. The normalized spacial score (nSPS) is 31.4. The van der Waals surface area contributed by atoms with E-state index in [1.165, 1.54) is 0 Å². The molecule has 1 aliphatic rings. The van der Waals surface area contributed by atoms with Gasteiger partial charge in [-0.3, -0.25) is 0 Å². The summed E-state index contributed by atoms with van der Waals surface area (Å²) >= 11 is 0. The van der Waals surface area contributed by atoms with E-state index in [-0.39, 0.29) is 12.2 Å². The first-order chi connectivity index (χ1) is 8.02. The molecule has 1 rings (SSSR count). The molecule has 0 radical (unpaired) electrons. The van der Waals surface area contributed by atoms with E-state index in [0.717, 1.165) is 12.8 Å². The third-order valence-corrected chi connectivity index (χ3v) is 3.42. The quantitative estimate of drug-likeness (QED) is 0.594. The van der Waals surface area contributed by atoms with E-state index in [1.807, 2.05) is 24.8 Å². The number of hydrogen-bond acceptors (Lipinski definition) is 3. The van der Waals surface area contributed by atoms with Crippen LogP contribution >= 0.6 is 0 Å². The summed E-state index contributed by atoms with van der Waals surface area (Å²) in [6.07, 6.45) is 3.25. The minimum Gasteiger partial charge on any atom is -0.336 e. The molecule has 0 heterocycles. The standard InChI is InChI=1S/C13H24FN3/c1-5-6-12(16-4)17(10(3)15)13-9(2)7-8-11(13)14/h6,9-11,13H,4-5,7-8,15H2,1-3H3/b12-6+. The average Bonchev–Trinajstić information content (AvgIpc) is 2.59. The highest BCUT2D eigenvalue weighted by Crippen LogP contribution is 2.34. The number of nitrogens with two attached hydrogens (primary N) is 1. The number of allylic oxidation sites excluding steroid dienone is 1. The summed E-state index contributed by atoms with van der Waals surface area (Å²) in [5, 5.41) is 0. The Bertz CT molecular complexity index is 278. The highest BCUT2D eigenvalue weighted by Gasteiger charge is 2.39. The Morgan fingerprint density at radius 1 is 1.65 bits per heavy atom. The van der Waals surface area contributed by atoms with Gasteiger partial charge in [0, 0.05) is 0 Å². The zero-order valence-corrected chi connectivity index (χ0v) is 11.1. The number of aliphatic imine (C=N–C) groups is 1. The summed E-state index contributed by atoms with van der Waals surface area (Å²) in [4.78, 5) is 5.89. The van der Waals surface area contributed by atoms with Gasteiger partial charge in [0.1, 0.15) is 12.0 Å². The van der Waals surface area contributed by atoms with Crippen molar-refractivity contribution in [2.75, 3.05) is 0 Å². The molecule has 0 aromatic carbocycles. The predicted molar refractivity (Wildman–Crippen MR) is 70.5 cm³/mol. The smallest absolute Gasteiger partial charge is 0.125 e. The van der Waals surface area contributed by atoms with Crippen LogP contribution in [0.25, 0.3) is 0 Å². The van der Waals surface area contributed by atoms with Crippen LogP contribution in [0.15, 0.2) is 16.9 Å². The van der Waals surface area contributed by atoms with Crippen LogP contribution in [0, 0.1) is 5.92 Å². The summed E-state index contributed by atoms with van der Waals surface area (Å²) in [7, 11) is 0. The largest absolute Gasteiger partial charge is 0.336 e. The van der Waals surface area contributed by atoms with E-state index in [9.17, 15) is 4.39 Å². The second kappa shape index (κ2) is 6.15. The molecule has 0 bridgehead atoms. The van der Waals surface area contributed by atoms with Gasteiger partial charge in [-0.25, -0.2) is 9.38 Å². The Morgan fingerprint density at radius 2 is 2.29 bits per heavy atom. The second-order valence-corrected chi connectivity index (χ2v) is 4.84. The lowest BCUT2D eigenvalue weighted by atomic mass is 10.0. The van der Waals surface area contributed by atoms with Gasteiger partial charge in [-0.05, 0) is 44.9 Å². The molecule has 0 spiro atoms. The summed E-state index contributed by atoms with van der Waals surface area (Å²) in [5.41, 5.74) is 5.98. The van der Waals surface area contributed by atoms with Crippen LogP contribution in [-0.2, 0) is 0 Å². The first kappa shape index (κ1) is 14.2. The van der Waals surface area contributed by atoms with Crippen LogP contribution in [0.5, 0.6) is 0 Å². The number of hydrogen-bond donors (Lipinski definition) is 1. The second-order valence-electron chi connectivity index (χ2n) is 4.84. The molecule has 4 unspecified atom stereocenters. The van der Waals surface area contributed by atoms with E-state index < -0.39 is 6.17 Å². The summed E-state index contributed by atoms with van der Waals surface area (Å²) in [5.74, 6) is 1.02. The summed E-state index contributed by atoms with van der Waals surface area (Å²) in [6.45, 7) is 9.53. The average molecular weight is 241 g/mol. The topological polar surface area (TPSA) is 41.6 Å². The van der Waals surface area contributed by atoms with Gasteiger partial charge in [0.25, 0.3) is 0 Å². The molecule has 1 aliphatic carbocycles. The minimum atomic E-state index is -0.821. The lowest BCUT2D eigenvalue weighted by molar-refractivity contribution is 0.107. The molecule has 17 heavy (non-hydrogen) atoms. The monoisotopic (exact) mass is 241 g/mol. The lowest BCUT2D eigenvalue weighted by Crippen LogP contribution is -2.49.